The molecule has 0 spiro atoms. The third kappa shape index (κ3) is 3.93. The zero-order chi connectivity index (χ0) is 24.8. The Hall–Kier alpha value is -4.38. The molecule has 11 heteroatoms. The van der Waals surface area contributed by atoms with E-state index in [0.717, 1.165) is 41.8 Å². The second kappa shape index (κ2) is 8.68. The maximum Gasteiger partial charge on any atom is 0.258 e. The molecular weight excluding hydrogens is 468 g/mol. The van der Waals surface area contributed by atoms with Crippen molar-refractivity contribution >= 4 is 27.7 Å². The highest BCUT2D eigenvalue weighted by Crippen LogP contribution is 2.23. The molecule has 36 heavy (non-hydrogen) atoms. The van der Waals surface area contributed by atoms with E-state index in [0.29, 0.717) is 24.2 Å². The van der Waals surface area contributed by atoms with Crippen molar-refractivity contribution in [3.63, 3.8) is 0 Å². The van der Waals surface area contributed by atoms with E-state index in [1.165, 1.54) is 10.7 Å². The van der Waals surface area contributed by atoms with Crippen LogP contribution in [0.2, 0.25) is 0 Å². The molecule has 6 rings (SSSR count). The van der Waals surface area contributed by atoms with Gasteiger partial charge in [0.05, 0.1) is 23.0 Å². The maximum atomic E-state index is 13.7. The average Bonchev–Trinajstić information content (AvgIpc) is 3.53. The molecule has 0 unspecified atom stereocenters. The summed E-state index contributed by atoms with van der Waals surface area (Å²) in [7, 11) is 0. The van der Waals surface area contributed by atoms with Gasteiger partial charge in [-0.05, 0) is 36.4 Å². The standard InChI is InChI=1S/C25H21F2N7O2/c26-19-11-16-10-18(25(36)29-21(16)12-20(19)27)22-13-34(31-30-22)17-1-2-23-15(9-17)3-6-33(23)14-24(35)32-7-4-28-5-8-32/h1-3,6,9-13,28H,4-5,7-8,14H2,(H,29,36). The summed E-state index contributed by atoms with van der Waals surface area (Å²) in [5.74, 6) is -1.95. The Labute approximate surface area is 202 Å². The molecule has 0 atom stereocenters. The highest BCUT2D eigenvalue weighted by molar-refractivity contribution is 5.85. The van der Waals surface area contributed by atoms with Crippen LogP contribution < -0.4 is 10.9 Å². The van der Waals surface area contributed by atoms with E-state index >= 15 is 0 Å². The first-order chi connectivity index (χ1) is 17.5. The van der Waals surface area contributed by atoms with Gasteiger partial charge in [-0.3, -0.25) is 9.59 Å². The number of fused-ring (bicyclic) bond motifs is 2. The van der Waals surface area contributed by atoms with Crippen molar-refractivity contribution in [3.05, 3.63) is 76.8 Å². The zero-order valence-corrected chi connectivity index (χ0v) is 19.0. The number of pyridine rings is 1. The van der Waals surface area contributed by atoms with Crippen LogP contribution in [0.1, 0.15) is 0 Å². The monoisotopic (exact) mass is 489 g/mol. The number of aromatic nitrogens is 5. The van der Waals surface area contributed by atoms with Gasteiger partial charge in [-0.1, -0.05) is 5.21 Å². The van der Waals surface area contributed by atoms with E-state index in [2.05, 4.69) is 20.6 Å². The minimum absolute atomic E-state index is 0.0854. The van der Waals surface area contributed by atoms with Gasteiger partial charge in [-0.25, -0.2) is 13.5 Å². The molecule has 1 amide bonds. The Morgan fingerprint density at radius 3 is 2.64 bits per heavy atom. The quantitative estimate of drug-likeness (QED) is 0.404. The van der Waals surface area contributed by atoms with Crippen LogP contribution >= 0.6 is 0 Å². The summed E-state index contributed by atoms with van der Waals surface area (Å²) in [5.41, 5.74) is 1.84. The van der Waals surface area contributed by atoms with Gasteiger partial charge >= 0.3 is 0 Å². The number of benzene rings is 2. The fourth-order valence-electron chi connectivity index (χ4n) is 4.53. The second-order valence-corrected chi connectivity index (χ2v) is 8.73. The third-order valence-corrected chi connectivity index (χ3v) is 6.45. The maximum absolute atomic E-state index is 13.7. The summed E-state index contributed by atoms with van der Waals surface area (Å²) in [6, 6.07) is 11.1. The van der Waals surface area contributed by atoms with E-state index in [9.17, 15) is 18.4 Å². The van der Waals surface area contributed by atoms with Gasteiger partial charge in [-0.15, -0.1) is 5.10 Å². The summed E-state index contributed by atoms with van der Waals surface area (Å²) in [4.78, 5) is 29.7. The van der Waals surface area contributed by atoms with Crippen LogP contribution in [0.4, 0.5) is 8.78 Å². The Bertz CT molecular complexity index is 1680. The molecule has 1 aliphatic rings. The summed E-state index contributed by atoms with van der Waals surface area (Å²) < 4.78 is 30.6. The molecular formula is C25H21F2N7O2. The summed E-state index contributed by atoms with van der Waals surface area (Å²) in [6.07, 6.45) is 3.49. The molecule has 0 saturated carbocycles. The van der Waals surface area contributed by atoms with Gasteiger partial charge in [-0.2, -0.15) is 0 Å². The summed E-state index contributed by atoms with van der Waals surface area (Å²) in [5, 5.41) is 12.8. The molecule has 0 radical (unpaired) electrons. The highest BCUT2D eigenvalue weighted by atomic mass is 19.2. The molecule has 0 aliphatic carbocycles. The molecule has 2 aromatic carbocycles. The lowest BCUT2D eigenvalue weighted by molar-refractivity contribution is -0.132. The van der Waals surface area contributed by atoms with E-state index in [-0.39, 0.29) is 23.5 Å². The third-order valence-electron chi connectivity index (χ3n) is 6.45. The van der Waals surface area contributed by atoms with Gasteiger partial charge in [0.1, 0.15) is 12.2 Å². The van der Waals surface area contributed by atoms with Crippen LogP contribution in [-0.4, -0.2) is 61.5 Å². The van der Waals surface area contributed by atoms with E-state index in [4.69, 9.17) is 0 Å². The Kier molecular flexibility index (Phi) is 5.33. The minimum atomic E-state index is -1.03. The number of nitrogens with zero attached hydrogens (tertiary/aromatic N) is 5. The number of carbonyl (C=O) groups is 1. The second-order valence-electron chi connectivity index (χ2n) is 8.73. The van der Waals surface area contributed by atoms with Gasteiger partial charge in [0.25, 0.3) is 5.56 Å². The van der Waals surface area contributed by atoms with Crippen molar-refractivity contribution in [2.24, 2.45) is 0 Å². The van der Waals surface area contributed by atoms with Crippen molar-refractivity contribution in [2.75, 3.05) is 26.2 Å². The molecule has 0 bridgehead atoms. The molecule has 4 heterocycles. The molecule has 1 saturated heterocycles. The highest BCUT2D eigenvalue weighted by Gasteiger charge is 2.18. The first-order valence-electron chi connectivity index (χ1n) is 11.5. The smallest absolute Gasteiger partial charge is 0.258 e. The predicted molar refractivity (Wildman–Crippen MR) is 130 cm³/mol. The molecule has 182 valence electrons. The molecule has 9 nitrogen and oxygen atoms in total. The molecule has 5 aromatic rings. The van der Waals surface area contributed by atoms with Crippen molar-refractivity contribution < 1.29 is 13.6 Å². The summed E-state index contributed by atoms with van der Waals surface area (Å²) >= 11 is 0. The minimum Gasteiger partial charge on any atom is -0.339 e. The number of nitrogens with one attached hydrogen (secondary N) is 2. The van der Waals surface area contributed by atoms with Crippen molar-refractivity contribution in [1.82, 2.24) is 34.8 Å². The van der Waals surface area contributed by atoms with Crippen LogP contribution in [0, 0.1) is 11.6 Å². The number of halogens is 2. The topological polar surface area (TPSA) is 101 Å². The Balaban J connectivity index is 1.28. The number of hydrogen-bond acceptors (Lipinski definition) is 5. The number of rotatable bonds is 4. The average molecular weight is 489 g/mol. The first kappa shape index (κ1) is 22.1. The van der Waals surface area contributed by atoms with E-state index in [1.807, 2.05) is 39.9 Å². The molecule has 1 fully saturated rings. The van der Waals surface area contributed by atoms with Crippen LogP contribution in [0.25, 0.3) is 38.8 Å². The lowest BCUT2D eigenvalue weighted by Crippen LogP contribution is -2.47. The number of H-pyrrole nitrogens is 1. The predicted octanol–water partition coefficient (Wildman–Crippen LogP) is 2.44. The fourth-order valence-corrected chi connectivity index (χ4v) is 4.53. The van der Waals surface area contributed by atoms with Crippen LogP contribution in [0.3, 0.4) is 0 Å². The zero-order valence-electron chi connectivity index (χ0n) is 19.0. The number of hydrogen-bond donors (Lipinski definition) is 2. The Morgan fingerprint density at radius 2 is 1.81 bits per heavy atom. The molecule has 3 aromatic heterocycles. The van der Waals surface area contributed by atoms with Crippen LogP contribution in [0.5, 0.6) is 0 Å². The largest absolute Gasteiger partial charge is 0.339 e. The number of carbonyl (C=O) groups excluding carboxylic acids is 1. The van der Waals surface area contributed by atoms with Crippen molar-refractivity contribution in [3.8, 4) is 16.9 Å². The van der Waals surface area contributed by atoms with Crippen LogP contribution in [0.15, 0.2) is 59.7 Å². The molecule has 2 N–H and O–H groups in total. The Morgan fingerprint density at radius 1 is 1.00 bits per heavy atom. The first-order valence-corrected chi connectivity index (χ1v) is 11.5. The van der Waals surface area contributed by atoms with Gasteiger partial charge < -0.3 is 19.8 Å². The van der Waals surface area contributed by atoms with Crippen molar-refractivity contribution in [2.45, 2.75) is 6.54 Å². The van der Waals surface area contributed by atoms with E-state index < -0.39 is 17.2 Å². The van der Waals surface area contributed by atoms with Crippen molar-refractivity contribution in [1.29, 1.82) is 0 Å². The number of aromatic amines is 1. The normalized spacial score (nSPS) is 14.1. The van der Waals surface area contributed by atoms with Gasteiger partial charge in [0, 0.05) is 54.7 Å². The lowest BCUT2D eigenvalue weighted by Gasteiger charge is -2.27. The lowest BCUT2D eigenvalue weighted by atomic mass is 10.1. The van der Waals surface area contributed by atoms with E-state index in [1.54, 1.807) is 6.20 Å². The number of amides is 1. The molecule has 1 aliphatic heterocycles. The SMILES string of the molecule is O=C(Cn1ccc2cc(-n3cc(-c4cc5cc(F)c(F)cc5[nH]c4=O)nn3)ccc21)N1CCNCC1. The fraction of sp³-hybridized carbons (Fsp3) is 0.200. The summed E-state index contributed by atoms with van der Waals surface area (Å²) in [6.45, 7) is 3.31. The number of piperazine rings is 1. The van der Waals surface area contributed by atoms with Gasteiger partial charge in [0.15, 0.2) is 11.6 Å². The van der Waals surface area contributed by atoms with Crippen LogP contribution in [-0.2, 0) is 11.3 Å². The van der Waals surface area contributed by atoms with Gasteiger partial charge in [0.2, 0.25) is 5.91 Å².